The lowest BCUT2D eigenvalue weighted by molar-refractivity contribution is -0.387. The Morgan fingerprint density at radius 2 is 2.09 bits per heavy atom. The van der Waals surface area contributed by atoms with Crippen LogP contribution in [0, 0.1) is 10.1 Å². The predicted molar refractivity (Wildman–Crippen MR) is 74.7 cm³/mol. The molecule has 0 fully saturated rings. The number of hydrogen-bond donors (Lipinski definition) is 2. The van der Waals surface area contributed by atoms with Gasteiger partial charge in [0.1, 0.15) is 5.82 Å². The van der Waals surface area contributed by atoms with Crippen molar-refractivity contribution in [3.8, 4) is 17.4 Å². The van der Waals surface area contributed by atoms with Crippen LogP contribution in [0.5, 0.6) is 17.4 Å². The van der Waals surface area contributed by atoms with Crippen LogP contribution in [0.25, 0.3) is 12.2 Å². The van der Waals surface area contributed by atoms with Crippen molar-refractivity contribution in [2.75, 3.05) is 6.79 Å². The Labute approximate surface area is 122 Å². The van der Waals surface area contributed by atoms with Crippen LogP contribution in [0.3, 0.4) is 0 Å². The molecule has 0 amide bonds. The van der Waals surface area contributed by atoms with E-state index in [1.54, 1.807) is 24.3 Å². The van der Waals surface area contributed by atoms with Crippen LogP contribution in [0.4, 0.5) is 5.69 Å². The highest BCUT2D eigenvalue weighted by Gasteiger charge is 2.21. The summed E-state index contributed by atoms with van der Waals surface area (Å²) in [7, 11) is 0. The third-order valence-electron chi connectivity index (χ3n) is 2.91. The Balaban J connectivity index is 1.90. The lowest BCUT2D eigenvalue weighted by Crippen LogP contribution is -2.14. The quantitative estimate of drug-likeness (QED) is 0.645. The summed E-state index contributed by atoms with van der Waals surface area (Å²) in [5, 5.41) is 20.0. The van der Waals surface area contributed by atoms with Gasteiger partial charge in [-0.1, -0.05) is 12.1 Å². The number of benzene rings is 1. The highest BCUT2D eigenvalue weighted by Crippen LogP contribution is 2.32. The van der Waals surface area contributed by atoms with Crippen LogP contribution in [0.15, 0.2) is 23.0 Å². The zero-order chi connectivity index (χ0) is 15.7. The van der Waals surface area contributed by atoms with E-state index < -0.39 is 22.0 Å². The summed E-state index contributed by atoms with van der Waals surface area (Å²) in [6.45, 7) is 0.160. The smallest absolute Gasteiger partial charge is 0.395 e. The number of fused-ring (bicyclic) bond motifs is 1. The molecular weight excluding hydrogens is 294 g/mol. The number of rotatable bonds is 3. The molecule has 1 aromatic heterocycles. The van der Waals surface area contributed by atoms with Gasteiger partial charge in [0.2, 0.25) is 6.79 Å². The fraction of sp³-hybridized carbons (Fsp3) is 0.0769. The first kappa shape index (κ1) is 13.6. The van der Waals surface area contributed by atoms with E-state index in [1.807, 2.05) is 0 Å². The van der Waals surface area contributed by atoms with Crippen LogP contribution in [-0.2, 0) is 0 Å². The number of nitrogens with one attached hydrogen (secondary N) is 1. The van der Waals surface area contributed by atoms with E-state index in [1.165, 1.54) is 6.08 Å². The molecule has 2 N–H and O–H groups in total. The van der Waals surface area contributed by atoms with Gasteiger partial charge in [0.15, 0.2) is 11.5 Å². The Bertz CT molecular complexity index is 842. The standard InChI is InChI=1S/C13H9N3O6/c17-12-11(16(19)20)13(18)15-10(14-12)4-2-7-1-3-8-9(5-7)22-6-21-8/h1-5H,6H2,(H2,14,15,17,18)/b4-2+. The van der Waals surface area contributed by atoms with Crippen molar-refractivity contribution in [1.82, 2.24) is 9.97 Å². The fourth-order valence-electron chi connectivity index (χ4n) is 1.91. The van der Waals surface area contributed by atoms with Crippen LogP contribution < -0.4 is 15.0 Å². The Kier molecular flexibility index (Phi) is 3.22. The minimum absolute atomic E-state index is 0.00855. The largest absolute Gasteiger partial charge is 0.488 e. The maximum absolute atomic E-state index is 11.5. The van der Waals surface area contributed by atoms with Crippen molar-refractivity contribution in [2.45, 2.75) is 0 Å². The van der Waals surface area contributed by atoms with Crippen molar-refractivity contribution in [3.05, 3.63) is 50.1 Å². The molecule has 0 spiro atoms. The Hall–Kier alpha value is -3.36. The summed E-state index contributed by atoms with van der Waals surface area (Å²) in [6.07, 6.45) is 3.01. The van der Waals surface area contributed by atoms with Gasteiger partial charge >= 0.3 is 11.2 Å². The predicted octanol–water partition coefficient (Wildman–Crippen LogP) is 1.28. The van der Waals surface area contributed by atoms with Gasteiger partial charge in [-0.05, 0) is 23.8 Å². The zero-order valence-electron chi connectivity index (χ0n) is 11.0. The molecule has 1 aromatic carbocycles. The molecular formula is C13H9N3O6. The number of aromatic hydroxyl groups is 1. The van der Waals surface area contributed by atoms with E-state index in [2.05, 4.69) is 9.97 Å². The second kappa shape index (κ2) is 5.20. The summed E-state index contributed by atoms with van der Waals surface area (Å²) in [5.74, 6) is 0.289. The summed E-state index contributed by atoms with van der Waals surface area (Å²) >= 11 is 0. The molecule has 9 heteroatoms. The highest BCUT2D eigenvalue weighted by atomic mass is 16.7. The zero-order valence-corrected chi connectivity index (χ0v) is 11.0. The van der Waals surface area contributed by atoms with Gasteiger partial charge in [0.05, 0.1) is 4.92 Å². The van der Waals surface area contributed by atoms with Crippen LogP contribution in [0.1, 0.15) is 11.4 Å². The average Bonchev–Trinajstić information content (AvgIpc) is 2.91. The first-order valence-electron chi connectivity index (χ1n) is 6.10. The summed E-state index contributed by atoms with van der Waals surface area (Å²) in [6, 6.07) is 5.21. The van der Waals surface area contributed by atoms with Crippen molar-refractivity contribution >= 4 is 17.8 Å². The van der Waals surface area contributed by atoms with Crippen molar-refractivity contribution in [1.29, 1.82) is 0 Å². The van der Waals surface area contributed by atoms with Gasteiger partial charge in [0, 0.05) is 0 Å². The molecule has 112 valence electrons. The lowest BCUT2D eigenvalue weighted by Gasteiger charge is -1.98. The molecule has 0 saturated heterocycles. The second-order valence-corrected chi connectivity index (χ2v) is 4.33. The topological polar surface area (TPSA) is 128 Å². The Morgan fingerprint density at radius 3 is 2.82 bits per heavy atom. The summed E-state index contributed by atoms with van der Waals surface area (Å²) < 4.78 is 10.4. The minimum Gasteiger partial charge on any atom is -0.488 e. The number of ether oxygens (including phenoxy) is 2. The molecule has 9 nitrogen and oxygen atoms in total. The molecule has 2 heterocycles. The normalized spacial score (nSPS) is 12.7. The van der Waals surface area contributed by atoms with Crippen LogP contribution >= 0.6 is 0 Å². The van der Waals surface area contributed by atoms with Gasteiger partial charge in [0.25, 0.3) is 5.88 Å². The molecule has 0 aliphatic carbocycles. The van der Waals surface area contributed by atoms with Gasteiger partial charge < -0.3 is 19.6 Å². The van der Waals surface area contributed by atoms with Gasteiger partial charge in [-0.25, -0.2) is 0 Å². The first-order valence-corrected chi connectivity index (χ1v) is 6.10. The lowest BCUT2D eigenvalue weighted by atomic mass is 10.2. The number of H-pyrrole nitrogens is 1. The maximum Gasteiger partial charge on any atom is 0.395 e. The first-order chi connectivity index (χ1) is 10.5. The number of aromatic nitrogens is 2. The molecule has 0 radical (unpaired) electrons. The Morgan fingerprint density at radius 1 is 1.32 bits per heavy atom. The maximum atomic E-state index is 11.5. The SMILES string of the molecule is O=c1[nH]c(/C=C/c2ccc3c(c2)OCO3)nc(O)c1[N+](=O)[O-]. The molecule has 0 unspecified atom stereocenters. The minimum atomic E-state index is -1.03. The molecule has 0 saturated carbocycles. The third-order valence-corrected chi connectivity index (χ3v) is 2.91. The van der Waals surface area contributed by atoms with Gasteiger partial charge in [-0.2, -0.15) is 4.98 Å². The second-order valence-electron chi connectivity index (χ2n) is 4.33. The molecule has 22 heavy (non-hydrogen) atoms. The molecule has 0 atom stereocenters. The van der Waals surface area contributed by atoms with Crippen molar-refractivity contribution in [3.63, 3.8) is 0 Å². The molecule has 3 rings (SSSR count). The van der Waals surface area contributed by atoms with Crippen molar-refractivity contribution in [2.24, 2.45) is 0 Å². The third kappa shape index (κ3) is 2.46. The number of nitro groups is 1. The van der Waals surface area contributed by atoms with E-state index >= 15 is 0 Å². The van der Waals surface area contributed by atoms with Crippen LogP contribution in [0.2, 0.25) is 0 Å². The molecule has 1 aliphatic heterocycles. The molecule has 1 aliphatic rings. The number of aromatic amines is 1. The number of nitrogens with zero attached hydrogens (tertiary/aromatic N) is 2. The van der Waals surface area contributed by atoms with E-state index in [4.69, 9.17) is 9.47 Å². The highest BCUT2D eigenvalue weighted by molar-refractivity contribution is 5.69. The van der Waals surface area contributed by atoms with E-state index in [9.17, 15) is 20.0 Å². The summed E-state index contributed by atoms with van der Waals surface area (Å²) in [5.41, 5.74) is -1.27. The van der Waals surface area contributed by atoms with Gasteiger partial charge in [-0.3, -0.25) is 14.9 Å². The summed E-state index contributed by atoms with van der Waals surface area (Å²) in [4.78, 5) is 26.9. The van der Waals surface area contributed by atoms with E-state index in [0.717, 1.165) is 5.56 Å². The molecule has 0 bridgehead atoms. The van der Waals surface area contributed by atoms with Gasteiger partial charge in [-0.15, -0.1) is 0 Å². The number of hydrogen-bond acceptors (Lipinski definition) is 7. The fourth-order valence-corrected chi connectivity index (χ4v) is 1.91. The van der Waals surface area contributed by atoms with Crippen molar-refractivity contribution < 1.29 is 19.5 Å². The van der Waals surface area contributed by atoms with Crippen LogP contribution in [-0.4, -0.2) is 26.8 Å². The van der Waals surface area contributed by atoms with E-state index in [-0.39, 0.29) is 12.6 Å². The average molecular weight is 303 g/mol. The van der Waals surface area contributed by atoms with E-state index in [0.29, 0.717) is 11.5 Å². The molecule has 2 aromatic rings. The monoisotopic (exact) mass is 303 g/mol.